The minimum Gasteiger partial charge on any atom is -0.494 e. The summed E-state index contributed by atoms with van der Waals surface area (Å²) in [6.45, 7) is 3.99. The molecule has 0 fully saturated rings. The molecule has 23 heavy (non-hydrogen) atoms. The molecule has 3 aromatic rings. The SMILES string of the molecule is COc1ccc(Cl)c2sc(NC(=O)c3ccn(C(C)C)n3)nc12. The largest absolute Gasteiger partial charge is 0.494 e. The van der Waals surface area contributed by atoms with Crippen molar-refractivity contribution < 1.29 is 9.53 Å². The van der Waals surface area contributed by atoms with E-state index in [4.69, 9.17) is 16.3 Å². The summed E-state index contributed by atoms with van der Waals surface area (Å²) in [7, 11) is 1.57. The molecule has 0 atom stereocenters. The lowest BCUT2D eigenvalue weighted by Crippen LogP contribution is -2.13. The van der Waals surface area contributed by atoms with Crippen molar-refractivity contribution >= 4 is 44.2 Å². The van der Waals surface area contributed by atoms with Crippen LogP contribution < -0.4 is 10.1 Å². The number of ether oxygens (including phenoxy) is 1. The van der Waals surface area contributed by atoms with Crippen molar-refractivity contribution in [3.8, 4) is 5.75 Å². The number of aromatic nitrogens is 3. The average molecular weight is 351 g/mol. The molecule has 3 rings (SSSR count). The first-order valence-electron chi connectivity index (χ1n) is 6.99. The van der Waals surface area contributed by atoms with E-state index in [0.717, 1.165) is 4.70 Å². The fourth-order valence-corrected chi connectivity index (χ4v) is 3.23. The smallest absolute Gasteiger partial charge is 0.277 e. The van der Waals surface area contributed by atoms with E-state index in [9.17, 15) is 4.79 Å². The number of hydrogen-bond acceptors (Lipinski definition) is 5. The molecule has 120 valence electrons. The molecule has 1 N–H and O–H groups in total. The van der Waals surface area contributed by atoms with Crippen LogP contribution in [0.3, 0.4) is 0 Å². The van der Waals surface area contributed by atoms with Gasteiger partial charge >= 0.3 is 0 Å². The third kappa shape index (κ3) is 3.02. The molecule has 0 aliphatic carbocycles. The first-order valence-corrected chi connectivity index (χ1v) is 8.18. The summed E-state index contributed by atoms with van der Waals surface area (Å²) in [6, 6.07) is 5.37. The summed E-state index contributed by atoms with van der Waals surface area (Å²) in [4.78, 5) is 16.7. The number of amides is 1. The molecule has 1 aromatic carbocycles. The van der Waals surface area contributed by atoms with Gasteiger partial charge in [0.1, 0.15) is 11.3 Å². The van der Waals surface area contributed by atoms with Crippen LogP contribution in [0.15, 0.2) is 24.4 Å². The molecule has 0 bridgehead atoms. The summed E-state index contributed by atoms with van der Waals surface area (Å²) < 4.78 is 7.77. The highest BCUT2D eigenvalue weighted by molar-refractivity contribution is 7.23. The molecule has 0 spiro atoms. The van der Waals surface area contributed by atoms with Crippen LogP contribution in [0, 0.1) is 0 Å². The van der Waals surface area contributed by atoms with Crippen molar-refractivity contribution in [3.63, 3.8) is 0 Å². The van der Waals surface area contributed by atoms with Gasteiger partial charge in [-0.2, -0.15) is 5.10 Å². The Hall–Kier alpha value is -2.12. The van der Waals surface area contributed by atoms with Gasteiger partial charge in [0, 0.05) is 12.2 Å². The Bertz CT molecular complexity index is 872. The topological polar surface area (TPSA) is 69.0 Å². The molecule has 0 aliphatic rings. The van der Waals surface area contributed by atoms with E-state index >= 15 is 0 Å². The lowest BCUT2D eigenvalue weighted by atomic mass is 10.3. The lowest BCUT2D eigenvalue weighted by molar-refractivity contribution is 0.102. The van der Waals surface area contributed by atoms with Gasteiger partial charge in [-0.25, -0.2) is 4.98 Å². The average Bonchev–Trinajstić information content (AvgIpc) is 3.14. The number of carbonyl (C=O) groups excluding carboxylic acids is 1. The normalized spacial score (nSPS) is 11.2. The Balaban J connectivity index is 1.88. The Kier molecular flexibility index (Phi) is 4.23. The van der Waals surface area contributed by atoms with E-state index in [1.807, 2.05) is 13.8 Å². The molecule has 1 amide bonds. The van der Waals surface area contributed by atoms with Crippen molar-refractivity contribution in [3.05, 3.63) is 35.1 Å². The first-order chi connectivity index (χ1) is 11.0. The maximum Gasteiger partial charge on any atom is 0.277 e. The zero-order chi connectivity index (χ0) is 16.6. The van der Waals surface area contributed by atoms with E-state index in [1.165, 1.54) is 11.3 Å². The van der Waals surface area contributed by atoms with Gasteiger partial charge < -0.3 is 4.74 Å². The first kappa shape index (κ1) is 15.8. The number of methoxy groups -OCH3 is 1. The number of fused-ring (bicyclic) bond motifs is 1. The third-order valence-electron chi connectivity index (χ3n) is 3.27. The second-order valence-corrected chi connectivity index (χ2v) is 6.58. The standard InChI is InChI=1S/C15H15ClN4O2S/c1-8(2)20-7-6-10(19-20)14(21)18-15-17-12-11(22-3)5-4-9(16)13(12)23-15/h4-8H,1-3H3,(H,17,18,21). The number of thiazole rings is 1. The number of nitrogens with zero attached hydrogens (tertiary/aromatic N) is 3. The minimum atomic E-state index is -0.307. The summed E-state index contributed by atoms with van der Waals surface area (Å²) in [5, 5.41) is 8.02. The number of nitrogens with one attached hydrogen (secondary N) is 1. The van der Waals surface area contributed by atoms with E-state index in [0.29, 0.717) is 27.1 Å². The molecule has 6 nitrogen and oxygen atoms in total. The number of rotatable bonds is 4. The van der Waals surface area contributed by atoms with Crippen LogP contribution in [0.5, 0.6) is 5.75 Å². The highest BCUT2D eigenvalue weighted by Crippen LogP contribution is 2.37. The minimum absolute atomic E-state index is 0.196. The van der Waals surface area contributed by atoms with Crippen LogP contribution in [-0.2, 0) is 0 Å². The van der Waals surface area contributed by atoms with E-state index < -0.39 is 0 Å². The van der Waals surface area contributed by atoms with Crippen LogP contribution in [0.1, 0.15) is 30.4 Å². The molecular weight excluding hydrogens is 336 g/mol. The quantitative estimate of drug-likeness (QED) is 0.772. The highest BCUT2D eigenvalue weighted by Gasteiger charge is 2.16. The maximum absolute atomic E-state index is 12.3. The van der Waals surface area contributed by atoms with Crippen molar-refractivity contribution in [1.82, 2.24) is 14.8 Å². The summed E-state index contributed by atoms with van der Waals surface area (Å²) in [6.07, 6.45) is 1.78. The molecule has 0 radical (unpaired) electrons. The Labute approximate surface area is 142 Å². The number of hydrogen-bond donors (Lipinski definition) is 1. The third-order valence-corrected chi connectivity index (χ3v) is 4.70. The van der Waals surface area contributed by atoms with Crippen LogP contribution in [0.25, 0.3) is 10.2 Å². The maximum atomic E-state index is 12.3. The number of anilines is 1. The Morgan fingerprint density at radius 1 is 1.39 bits per heavy atom. The monoisotopic (exact) mass is 350 g/mol. The van der Waals surface area contributed by atoms with Crippen LogP contribution >= 0.6 is 22.9 Å². The fraction of sp³-hybridized carbons (Fsp3) is 0.267. The van der Waals surface area contributed by atoms with Gasteiger partial charge in [0.05, 0.1) is 16.8 Å². The molecule has 0 saturated carbocycles. The number of halogens is 1. The van der Waals surface area contributed by atoms with Gasteiger partial charge in [-0.15, -0.1) is 0 Å². The van der Waals surface area contributed by atoms with Gasteiger partial charge in [0.2, 0.25) is 0 Å². The van der Waals surface area contributed by atoms with Crippen molar-refractivity contribution in [2.75, 3.05) is 12.4 Å². The van der Waals surface area contributed by atoms with Crippen molar-refractivity contribution in [2.45, 2.75) is 19.9 Å². The molecule has 2 aromatic heterocycles. The predicted molar refractivity (Wildman–Crippen MR) is 91.7 cm³/mol. The van der Waals surface area contributed by atoms with Crippen LogP contribution in [0.4, 0.5) is 5.13 Å². The van der Waals surface area contributed by atoms with Crippen LogP contribution in [-0.4, -0.2) is 27.8 Å². The number of benzene rings is 1. The van der Waals surface area contributed by atoms with E-state index in [-0.39, 0.29) is 11.9 Å². The van der Waals surface area contributed by atoms with E-state index in [1.54, 1.807) is 36.2 Å². The predicted octanol–water partition coefficient (Wildman–Crippen LogP) is 3.99. The summed E-state index contributed by atoms with van der Waals surface area (Å²) in [5.41, 5.74) is 0.976. The van der Waals surface area contributed by atoms with Gasteiger partial charge in [-0.05, 0) is 32.0 Å². The fourth-order valence-electron chi connectivity index (χ4n) is 2.08. The van der Waals surface area contributed by atoms with Gasteiger partial charge in [-0.1, -0.05) is 22.9 Å². The second-order valence-electron chi connectivity index (χ2n) is 5.18. The zero-order valence-corrected chi connectivity index (χ0v) is 14.4. The molecule has 2 heterocycles. The van der Waals surface area contributed by atoms with Gasteiger partial charge in [-0.3, -0.25) is 14.8 Å². The molecular formula is C15H15ClN4O2S. The summed E-state index contributed by atoms with van der Waals surface area (Å²) in [5.74, 6) is 0.309. The zero-order valence-electron chi connectivity index (χ0n) is 12.8. The Morgan fingerprint density at radius 2 is 2.17 bits per heavy atom. The molecule has 0 saturated heterocycles. The second kappa shape index (κ2) is 6.17. The van der Waals surface area contributed by atoms with Gasteiger partial charge in [0.15, 0.2) is 10.8 Å². The molecule has 0 unspecified atom stereocenters. The lowest BCUT2D eigenvalue weighted by Gasteiger charge is -2.03. The number of carbonyl (C=O) groups is 1. The van der Waals surface area contributed by atoms with Gasteiger partial charge in [0.25, 0.3) is 5.91 Å². The molecule has 8 heteroatoms. The van der Waals surface area contributed by atoms with Crippen molar-refractivity contribution in [2.24, 2.45) is 0 Å². The highest BCUT2D eigenvalue weighted by atomic mass is 35.5. The van der Waals surface area contributed by atoms with Crippen molar-refractivity contribution in [1.29, 1.82) is 0 Å². The van der Waals surface area contributed by atoms with E-state index in [2.05, 4.69) is 15.4 Å². The molecule has 0 aliphatic heterocycles. The summed E-state index contributed by atoms with van der Waals surface area (Å²) >= 11 is 7.48. The van der Waals surface area contributed by atoms with Crippen LogP contribution in [0.2, 0.25) is 5.02 Å². The Morgan fingerprint density at radius 3 is 2.83 bits per heavy atom.